The molecule has 1 atom stereocenters. The maximum atomic E-state index is 12.2. The van der Waals surface area contributed by atoms with E-state index in [4.69, 9.17) is 10.8 Å². The number of phenolic OH excluding ortho intramolecular Hbond substituents is 1. The molecule has 0 saturated heterocycles. The summed E-state index contributed by atoms with van der Waals surface area (Å²) in [6.07, 6.45) is 3.23. The van der Waals surface area contributed by atoms with Crippen LogP contribution in [0, 0.1) is 0 Å². The summed E-state index contributed by atoms with van der Waals surface area (Å²) >= 11 is 0. The lowest BCUT2D eigenvalue weighted by Gasteiger charge is -2.11. The predicted octanol–water partition coefficient (Wildman–Crippen LogP) is 0.566. The van der Waals surface area contributed by atoms with Crippen molar-refractivity contribution in [2.75, 3.05) is 0 Å². The van der Waals surface area contributed by atoms with Crippen LogP contribution in [0.5, 0.6) is 5.75 Å². The van der Waals surface area contributed by atoms with Gasteiger partial charge in [-0.3, -0.25) is 4.79 Å². The van der Waals surface area contributed by atoms with Crippen LogP contribution in [0.3, 0.4) is 0 Å². The van der Waals surface area contributed by atoms with Gasteiger partial charge in [0.15, 0.2) is 5.78 Å². The van der Waals surface area contributed by atoms with Crippen molar-refractivity contribution < 1.29 is 19.8 Å². The second-order valence-corrected chi connectivity index (χ2v) is 4.29. The molecule has 0 spiro atoms. The average Bonchev–Trinajstić information content (AvgIpc) is 2.91. The first kappa shape index (κ1) is 13.8. The molecule has 0 fully saturated rings. The first-order valence-electron chi connectivity index (χ1n) is 5.82. The second-order valence-electron chi connectivity index (χ2n) is 4.29. The monoisotopic (exact) mass is 275 g/mol. The van der Waals surface area contributed by atoms with Crippen LogP contribution in [0.25, 0.3) is 0 Å². The fourth-order valence-electron chi connectivity index (χ4n) is 1.79. The third-order valence-electron chi connectivity index (χ3n) is 2.84. The fourth-order valence-corrected chi connectivity index (χ4v) is 1.79. The summed E-state index contributed by atoms with van der Waals surface area (Å²) in [4.78, 5) is 29.7. The van der Waals surface area contributed by atoms with Crippen molar-refractivity contribution in [1.29, 1.82) is 0 Å². The molecule has 7 nitrogen and oxygen atoms in total. The van der Waals surface area contributed by atoms with Gasteiger partial charge < -0.3 is 20.9 Å². The van der Waals surface area contributed by atoms with Crippen molar-refractivity contribution in [2.24, 2.45) is 5.73 Å². The number of aromatic hydroxyl groups is 1. The van der Waals surface area contributed by atoms with Crippen LogP contribution in [0.1, 0.15) is 26.4 Å². The Balaban J connectivity index is 2.23. The number of aromatic amines is 1. The predicted molar refractivity (Wildman–Crippen MR) is 69.7 cm³/mol. The summed E-state index contributed by atoms with van der Waals surface area (Å²) in [5.41, 5.74) is 6.28. The van der Waals surface area contributed by atoms with E-state index >= 15 is 0 Å². The average molecular weight is 275 g/mol. The van der Waals surface area contributed by atoms with E-state index in [2.05, 4.69) is 9.97 Å². The number of carbonyl (C=O) groups is 2. The zero-order valence-electron chi connectivity index (χ0n) is 10.4. The number of imidazole rings is 1. The highest BCUT2D eigenvalue weighted by Crippen LogP contribution is 2.20. The van der Waals surface area contributed by atoms with E-state index in [0.29, 0.717) is 5.69 Å². The number of ketones is 1. The Kier molecular flexibility index (Phi) is 3.81. The summed E-state index contributed by atoms with van der Waals surface area (Å²) in [6.45, 7) is 0. The molecule has 0 amide bonds. The number of Topliss-reactive ketones (excluding diaryl/α,β-unsaturated/α-hetero) is 1. The molecule has 0 unspecified atom stereocenters. The van der Waals surface area contributed by atoms with Crippen molar-refractivity contribution in [1.82, 2.24) is 9.97 Å². The van der Waals surface area contributed by atoms with Gasteiger partial charge in [-0.1, -0.05) is 0 Å². The van der Waals surface area contributed by atoms with Gasteiger partial charge in [-0.15, -0.1) is 0 Å². The van der Waals surface area contributed by atoms with Crippen molar-refractivity contribution in [3.63, 3.8) is 0 Å². The number of carboxylic acids is 1. The van der Waals surface area contributed by atoms with Gasteiger partial charge in [0.1, 0.15) is 5.75 Å². The van der Waals surface area contributed by atoms with Gasteiger partial charge in [-0.05, 0) is 18.2 Å². The van der Waals surface area contributed by atoms with Crippen LogP contribution in [-0.2, 0) is 6.42 Å². The van der Waals surface area contributed by atoms with E-state index in [1.54, 1.807) is 6.20 Å². The van der Waals surface area contributed by atoms with Gasteiger partial charge in [-0.25, -0.2) is 9.78 Å². The minimum Gasteiger partial charge on any atom is -0.507 e. The number of nitrogens with two attached hydrogens (primary N) is 1. The number of carbonyl (C=O) groups excluding carboxylic acids is 1. The zero-order chi connectivity index (χ0) is 14.7. The molecule has 20 heavy (non-hydrogen) atoms. The first-order valence-corrected chi connectivity index (χ1v) is 5.82. The van der Waals surface area contributed by atoms with Crippen LogP contribution in [0.15, 0.2) is 30.7 Å². The largest absolute Gasteiger partial charge is 0.507 e. The Morgan fingerprint density at radius 1 is 1.40 bits per heavy atom. The molecular formula is C13H13N3O4. The standard InChI is InChI=1S/C13H13N3O4/c14-10(4-8-5-15-6-16-8)12(18)9-3-7(13(19)20)1-2-11(9)17/h1-3,5-6,10,17H,4,14H2,(H,15,16)(H,19,20)/t10-/m0/s1. The minimum absolute atomic E-state index is 0.0834. The highest BCUT2D eigenvalue weighted by molar-refractivity contribution is 6.04. The Bertz CT molecular complexity index is 637. The second kappa shape index (κ2) is 5.54. The van der Waals surface area contributed by atoms with Gasteiger partial charge in [0, 0.05) is 18.3 Å². The van der Waals surface area contributed by atoms with Crippen LogP contribution in [-0.4, -0.2) is 38.0 Å². The molecular weight excluding hydrogens is 262 g/mol. The minimum atomic E-state index is -1.18. The Hall–Kier alpha value is -2.67. The quantitative estimate of drug-likeness (QED) is 0.590. The highest BCUT2D eigenvalue weighted by atomic mass is 16.4. The lowest BCUT2D eigenvalue weighted by Crippen LogP contribution is -2.33. The van der Waals surface area contributed by atoms with Gasteiger partial charge in [0.2, 0.25) is 0 Å². The molecule has 1 heterocycles. The third kappa shape index (κ3) is 2.83. The summed E-state index contributed by atoms with van der Waals surface area (Å²) in [5, 5.41) is 18.6. The number of aromatic nitrogens is 2. The number of hydrogen-bond acceptors (Lipinski definition) is 5. The zero-order valence-corrected chi connectivity index (χ0v) is 10.4. The molecule has 1 aromatic heterocycles. The molecule has 2 rings (SSSR count). The summed E-state index contributed by atoms with van der Waals surface area (Å²) in [6, 6.07) is 2.60. The molecule has 0 radical (unpaired) electrons. The number of aromatic carboxylic acids is 1. The number of nitrogens with zero attached hydrogens (tertiary/aromatic N) is 1. The van der Waals surface area contributed by atoms with Crippen molar-refractivity contribution >= 4 is 11.8 Å². The van der Waals surface area contributed by atoms with E-state index in [-0.39, 0.29) is 23.3 Å². The number of rotatable bonds is 5. The maximum Gasteiger partial charge on any atom is 0.335 e. The van der Waals surface area contributed by atoms with Gasteiger partial charge in [0.05, 0.1) is 23.5 Å². The van der Waals surface area contributed by atoms with E-state index in [0.717, 1.165) is 6.07 Å². The lowest BCUT2D eigenvalue weighted by molar-refractivity contribution is 0.0697. The number of hydrogen-bond donors (Lipinski definition) is 4. The highest BCUT2D eigenvalue weighted by Gasteiger charge is 2.21. The summed E-state index contributed by atoms with van der Waals surface area (Å²) < 4.78 is 0. The molecule has 0 saturated carbocycles. The third-order valence-corrected chi connectivity index (χ3v) is 2.84. The fraction of sp³-hybridized carbons (Fsp3) is 0.154. The molecule has 0 aliphatic heterocycles. The van der Waals surface area contributed by atoms with Crippen molar-refractivity contribution in [2.45, 2.75) is 12.5 Å². The van der Waals surface area contributed by atoms with Gasteiger partial charge in [-0.2, -0.15) is 0 Å². The SMILES string of the molecule is N[C@@H](Cc1cnc[nH]1)C(=O)c1cc(C(=O)O)ccc1O. The normalized spacial score (nSPS) is 12.1. The number of H-pyrrole nitrogens is 1. The number of benzene rings is 1. The number of nitrogens with one attached hydrogen (secondary N) is 1. The Labute approximate surface area is 114 Å². The summed E-state index contributed by atoms with van der Waals surface area (Å²) in [5.74, 6) is -2.00. The molecule has 0 aliphatic carbocycles. The summed E-state index contributed by atoms with van der Waals surface area (Å²) in [7, 11) is 0. The van der Waals surface area contributed by atoms with E-state index in [1.165, 1.54) is 18.5 Å². The number of phenols is 1. The Morgan fingerprint density at radius 3 is 2.75 bits per heavy atom. The molecule has 7 heteroatoms. The smallest absolute Gasteiger partial charge is 0.335 e. The van der Waals surface area contributed by atoms with Crippen molar-refractivity contribution in [3.8, 4) is 5.75 Å². The van der Waals surface area contributed by atoms with E-state index in [1.807, 2.05) is 0 Å². The number of carboxylic acid groups (broad SMARTS) is 1. The van der Waals surface area contributed by atoms with E-state index in [9.17, 15) is 14.7 Å². The van der Waals surface area contributed by atoms with Gasteiger partial charge in [0.25, 0.3) is 0 Å². The molecule has 0 aliphatic rings. The topological polar surface area (TPSA) is 129 Å². The Morgan fingerprint density at radius 2 is 2.15 bits per heavy atom. The van der Waals surface area contributed by atoms with E-state index < -0.39 is 17.8 Å². The van der Waals surface area contributed by atoms with Crippen LogP contribution in [0.2, 0.25) is 0 Å². The molecule has 104 valence electrons. The molecule has 2 aromatic rings. The maximum absolute atomic E-state index is 12.2. The lowest BCUT2D eigenvalue weighted by atomic mass is 9.98. The molecule has 1 aromatic carbocycles. The van der Waals surface area contributed by atoms with Crippen LogP contribution in [0.4, 0.5) is 0 Å². The van der Waals surface area contributed by atoms with Crippen molar-refractivity contribution in [3.05, 3.63) is 47.5 Å². The van der Waals surface area contributed by atoms with Crippen LogP contribution < -0.4 is 5.73 Å². The molecule has 5 N–H and O–H groups in total. The molecule has 0 bridgehead atoms. The first-order chi connectivity index (χ1) is 9.49. The van der Waals surface area contributed by atoms with Crippen LogP contribution >= 0.6 is 0 Å². The van der Waals surface area contributed by atoms with Gasteiger partial charge >= 0.3 is 5.97 Å².